The van der Waals surface area contributed by atoms with E-state index in [-0.39, 0.29) is 23.7 Å². The van der Waals surface area contributed by atoms with Crippen LogP contribution < -0.4 is 16.0 Å². The van der Waals surface area contributed by atoms with Crippen LogP contribution in [-0.2, 0) is 25.5 Å². The predicted octanol–water partition coefficient (Wildman–Crippen LogP) is 2.63. The number of nitrogens with one attached hydrogen (secondary N) is 3. The average molecular weight is 476 g/mol. The highest BCUT2D eigenvalue weighted by atomic mass is 16.6. The van der Waals surface area contributed by atoms with Gasteiger partial charge in [-0.25, -0.2) is 4.79 Å². The van der Waals surface area contributed by atoms with Gasteiger partial charge in [-0.15, -0.1) is 0 Å². The normalized spacial score (nSPS) is 19.9. The summed E-state index contributed by atoms with van der Waals surface area (Å²) >= 11 is 0. The van der Waals surface area contributed by atoms with Gasteiger partial charge < -0.3 is 25.8 Å². The van der Waals surface area contributed by atoms with Gasteiger partial charge in [-0.1, -0.05) is 30.3 Å². The number of carbonyl (C=O) groups is 4. The third-order valence-corrected chi connectivity index (χ3v) is 5.80. The highest BCUT2D eigenvalue weighted by Crippen LogP contribution is 2.28. The molecular formula is C25H37N3O6. The van der Waals surface area contributed by atoms with Crippen molar-refractivity contribution < 1.29 is 29.0 Å². The number of rotatable bonds is 9. The third-order valence-electron chi connectivity index (χ3n) is 5.80. The van der Waals surface area contributed by atoms with Gasteiger partial charge in [0.05, 0.1) is 0 Å². The van der Waals surface area contributed by atoms with Crippen LogP contribution in [0.15, 0.2) is 30.3 Å². The molecule has 0 radical (unpaired) electrons. The van der Waals surface area contributed by atoms with Crippen molar-refractivity contribution in [2.75, 3.05) is 6.54 Å². The van der Waals surface area contributed by atoms with E-state index < -0.39 is 29.7 Å². The number of alkyl carbamates (subject to hydrolysis) is 1. The lowest BCUT2D eigenvalue weighted by Crippen LogP contribution is -2.50. The van der Waals surface area contributed by atoms with Gasteiger partial charge in [0, 0.05) is 18.9 Å². The smallest absolute Gasteiger partial charge is 0.408 e. The fourth-order valence-electron chi connectivity index (χ4n) is 3.90. The minimum atomic E-state index is -1.06. The minimum absolute atomic E-state index is 0.212. The zero-order chi connectivity index (χ0) is 25.3. The molecule has 0 spiro atoms. The Bertz CT molecular complexity index is 844. The fraction of sp³-hybridized carbons (Fsp3) is 0.600. The molecule has 1 saturated carbocycles. The van der Waals surface area contributed by atoms with Gasteiger partial charge in [-0.2, -0.15) is 0 Å². The van der Waals surface area contributed by atoms with Crippen LogP contribution in [0, 0.1) is 11.8 Å². The van der Waals surface area contributed by atoms with E-state index >= 15 is 0 Å². The van der Waals surface area contributed by atoms with Gasteiger partial charge in [0.2, 0.25) is 11.8 Å². The number of hydrogen-bond acceptors (Lipinski definition) is 5. The molecule has 1 fully saturated rings. The number of benzene rings is 1. The van der Waals surface area contributed by atoms with E-state index in [0.717, 1.165) is 18.4 Å². The van der Waals surface area contributed by atoms with E-state index in [9.17, 15) is 19.2 Å². The molecule has 9 heteroatoms. The minimum Gasteiger partial charge on any atom is -0.480 e. The number of aliphatic carboxylic acids is 1. The zero-order valence-corrected chi connectivity index (χ0v) is 20.4. The average Bonchev–Trinajstić information content (AvgIpc) is 2.76. The molecule has 1 aromatic rings. The van der Waals surface area contributed by atoms with Crippen molar-refractivity contribution in [2.24, 2.45) is 11.8 Å². The van der Waals surface area contributed by atoms with Crippen LogP contribution in [-0.4, -0.2) is 53.2 Å². The van der Waals surface area contributed by atoms with Crippen LogP contribution in [0.25, 0.3) is 0 Å². The van der Waals surface area contributed by atoms with Gasteiger partial charge in [-0.05, 0) is 64.9 Å². The van der Waals surface area contributed by atoms with Crippen molar-refractivity contribution in [1.29, 1.82) is 0 Å². The second kappa shape index (κ2) is 12.4. The van der Waals surface area contributed by atoms with Gasteiger partial charge in [-0.3, -0.25) is 14.4 Å². The summed E-state index contributed by atoms with van der Waals surface area (Å²) in [6, 6.07) is 7.75. The Morgan fingerprint density at radius 1 is 1.03 bits per heavy atom. The maximum Gasteiger partial charge on any atom is 0.408 e. The molecule has 3 amide bonds. The summed E-state index contributed by atoms with van der Waals surface area (Å²) in [7, 11) is 0. The van der Waals surface area contributed by atoms with Crippen molar-refractivity contribution in [2.45, 2.75) is 77.5 Å². The first-order valence-electron chi connectivity index (χ1n) is 11.8. The van der Waals surface area contributed by atoms with Gasteiger partial charge in [0.25, 0.3) is 0 Å². The Labute approximate surface area is 201 Å². The van der Waals surface area contributed by atoms with Crippen molar-refractivity contribution in [3.63, 3.8) is 0 Å². The molecule has 9 nitrogen and oxygen atoms in total. The molecule has 0 bridgehead atoms. The molecule has 0 heterocycles. The van der Waals surface area contributed by atoms with Crippen LogP contribution in [0.2, 0.25) is 0 Å². The maximum absolute atomic E-state index is 12.9. The molecule has 188 valence electrons. The third kappa shape index (κ3) is 9.41. The van der Waals surface area contributed by atoms with Crippen LogP contribution in [0.1, 0.15) is 58.9 Å². The van der Waals surface area contributed by atoms with E-state index in [4.69, 9.17) is 9.84 Å². The monoisotopic (exact) mass is 475 g/mol. The maximum atomic E-state index is 12.9. The van der Waals surface area contributed by atoms with Gasteiger partial charge in [0.15, 0.2) is 0 Å². The lowest BCUT2D eigenvalue weighted by Gasteiger charge is -2.29. The summed E-state index contributed by atoms with van der Waals surface area (Å²) in [5.74, 6) is -1.58. The van der Waals surface area contributed by atoms with Crippen molar-refractivity contribution in [3.05, 3.63) is 35.9 Å². The molecule has 1 aromatic carbocycles. The summed E-state index contributed by atoms with van der Waals surface area (Å²) in [6.45, 7) is 7.17. The molecule has 34 heavy (non-hydrogen) atoms. The lowest BCUT2D eigenvalue weighted by molar-refractivity contribution is -0.142. The molecule has 1 aliphatic rings. The Morgan fingerprint density at radius 3 is 2.21 bits per heavy atom. The summed E-state index contributed by atoms with van der Waals surface area (Å²) in [6.07, 6.45) is 2.47. The SMILES string of the molecule is C[C@@H](NC(=O)C1CCC(CNC(=O)[C@H](Cc2ccccc2)NC(=O)OC(C)(C)C)CC1)C(=O)O. The highest BCUT2D eigenvalue weighted by Gasteiger charge is 2.29. The van der Waals surface area contributed by atoms with E-state index in [1.54, 1.807) is 20.8 Å². The molecule has 0 aliphatic heterocycles. The van der Waals surface area contributed by atoms with E-state index in [2.05, 4.69) is 16.0 Å². The summed E-state index contributed by atoms with van der Waals surface area (Å²) in [5.41, 5.74) is 0.242. The Balaban J connectivity index is 1.88. The van der Waals surface area contributed by atoms with Crippen LogP contribution >= 0.6 is 0 Å². The van der Waals surface area contributed by atoms with Crippen LogP contribution in [0.3, 0.4) is 0 Å². The first kappa shape index (κ1) is 27.1. The molecule has 2 rings (SSSR count). The van der Waals surface area contributed by atoms with Gasteiger partial charge in [0.1, 0.15) is 17.7 Å². The van der Waals surface area contributed by atoms with Crippen LogP contribution in [0.5, 0.6) is 0 Å². The Morgan fingerprint density at radius 2 is 1.65 bits per heavy atom. The summed E-state index contributed by atoms with van der Waals surface area (Å²) in [5, 5.41) is 17.1. The number of amides is 3. The van der Waals surface area contributed by atoms with E-state index in [1.165, 1.54) is 6.92 Å². The number of carbonyl (C=O) groups excluding carboxylic acids is 3. The summed E-state index contributed by atoms with van der Waals surface area (Å²) in [4.78, 5) is 48.4. The highest BCUT2D eigenvalue weighted by molar-refractivity contribution is 5.86. The molecule has 1 aliphatic carbocycles. The van der Waals surface area contributed by atoms with Gasteiger partial charge >= 0.3 is 12.1 Å². The lowest BCUT2D eigenvalue weighted by atomic mass is 9.81. The summed E-state index contributed by atoms with van der Waals surface area (Å²) < 4.78 is 5.32. The van der Waals surface area contributed by atoms with Crippen molar-refractivity contribution in [3.8, 4) is 0 Å². The standard InChI is InChI=1S/C25H37N3O6/c1-16(23(31)32)27-21(29)19-12-10-18(11-13-19)15-26-22(30)20(14-17-8-6-5-7-9-17)28-24(33)34-25(2,3)4/h5-9,16,18-20H,10-15H2,1-4H3,(H,26,30)(H,27,29)(H,28,33)(H,31,32)/t16-,18?,19?,20+/m1/s1. The zero-order valence-electron chi connectivity index (χ0n) is 20.4. The number of hydrogen-bond donors (Lipinski definition) is 4. The quantitative estimate of drug-likeness (QED) is 0.434. The second-order valence-corrected chi connectivity index (χ2v) is 9.92. The molecule has 0 aromatic heterocycles. The van der Waals surface area contributed by atoms with E-state index in [1.807, 2.05) is 30.3 Å². The molecule has 4 N–H and O–H groups in total. The number of carboxylic acid groups (broad SMARTS) is 1. The molecule has 0 saturated heterocycles. The predicted molar refractivity (Wildman–Crippen MR) is 127 cm³/mol. The van der Waals surface area contributed by atoms with Crippen LogP contribution in [0.4, 0.5) is 4.79 Å². The first-order chi connectivity index (χ1) is 15.9. The van der Waals surface area contributed by atoms with Crippen molar-refractivity contribution in [1.82, 2.24) is 16.0 Å². The Kier molecular flexibility index (Phi) is 9.89. The topological polar surface area (TPSA) is 134 Å². The van der Waals surface area contributed by atoms with E-state index in [0.29, 0.717) is 25.8 Å². The molecular weight excluding hydrogens is 438 g/mol. The molecule has 0 unspecified atom stereocenters. The molecule has 2 atom stereocenters. The van der Waals surface area contributed by atoms with Crippen molar-refractivity contribution >= 4 is 23.9 Å². The number of ether oxygens (including phenoxy) is 1. The largest absolute Gasteiger partial charge is 0.480 e. The fourth-order valence-corrected chi connectivity index (χ4v) is 3.90. The Hall–Kier alpha value is -3.10. The number of carboxylic acids is 1. The first-order valence-corrected chi connectivity index (χ1v) is 11.8. The second-order valence-electron chi connectivity index (χ2n) is 9.92.